The van der Waals surface area contributed by atoms with Crippen molar-refractivity contribution in [3.8, 4) is 0 Å². The highest BCUT2D eigenvalue weighted by Crippen LogP contribution is 2.26. The summed E-state index contributed by atoms with van der Waals surface area (Å²) in [6.45, 7) is 1.91. The van der Waals surface area contributed by atoms with Gasteiger partial charge in [0.05, 0.1) is 5.92 Å². The molecule has 0 radical (unpaired) electrons. The van der Waals surface area contributed by atoms with Crippen LogP contribution in [0, 0.1) is 5.92 Å². The fraction of sp³-hybridized carbons (Fsp3) is 0.562. The SMILES string of the molecule is CC(OC(=O)C1CCCCCC1N)c1ccccc1. The maximum Gasteiger partial charge on any atom is 0.311 e. The average molecular weight is 261 g/mol. The Morgan fingerprint density at radius 3 is 2.63 bits per heavy atom. The minimum atomic E-state index is -0.204. The maximum atomic E-state index is 12.2. The zero-order valence-electron chi connectivity index (χ0n) is 11.5. The van der Waals surface area contributed by atoms with Crippen molar-refractivity contribution in [2.75, 3.05) is 0 Å². The average Bonchev–Trinajstić information content (AvgIpc) is 2.64. The molecule has 104 valence electrons. The Labute approximate surface area is 115 Å². The summed E-state index contributed by atoms with van der Waals surface area (Å²) in [7, 11) is 0. The van der Waals surface area contributed by atoms with Crippen molar-refractivity contribution in [1.29, 1.82) is 0 Å². The number of hydrogen-bond donors (Lipinski definition) is 1. The largest absolute Gasteiger partial charge is 0.458 e. The van der Waals surface area contributed by atoms with Gasteiger partial charge in [-0.1, -0.05) is 49.6 Å². The lowest BCUT2D eigenvalue weighted by Gasteiger charge is -2.22. The molecule has 2 rings (SSSR count). The van der Waals surface area contributed by atoms with E-state index in [2.05, 4.69) is 0 Å². The topological polar surface area (TPSA) is 52.3 Å². The van der Waals surface area contributed by atoms with Gasteiger partial charge >= 0.3 is 5.97 Å². The minimum absolute atomic E-state index is 0.0435. The van der Waals surface area contributed by atoms with Crippen LogP contribution in [0.5, 0.6) is 0 Å². The number of carbonyl (C=O) groups excluding carboxylic acids is 1. The second-order valence-electron chi connectivity index (χ2n) is 5.40. The van der Waals surface area contributed by atoms with Crippen molar-refractivity contribution < 1.29 is 9.53 Å². The zero-order chi connectivity index (χ0) is 13.7. The number of nitrogens with two attached hydrogens (primary N) is 1. The third kappa shape index (κ3) is 3.80. The smallest absolute Gasteiger partial charge is 0.311 e. The molecule has 1 aliphatic rings. The van der Waals surface area contributed by atoms with Crippen molar-refractivity contribution in [2.45, 2.75) is 51.2 Å². The first-order valence-corrected chi connectivity index (χ1v) is 7.19. The summed E-state index contributed by atoms with van der Waals surface area (Å²) in [4.78, 5) is 12.2. The van der Waals surface area contributed by atoms with Gasteiger partial charge in [0.1, 0.15) is 6.10 Å². The molecule has 3 atom stereocenters. The number of hydrogen-bond acceptors (Lipinski definition) is 3. The fourth-order valence-corrected chi connectivity index (χ4v) is 2.68. The summed E-state index contributed by atoms with van der Waals surface area (Å²) in [5.41, 5.74) is 7.12. The normalized spacial score (nSPS) is 25.4. The molecule has 0 aliphatic heterocycles. The van der Waals surface area contributed by atoms with Crippen LogP contribution in [-0.2, 0) is 9.53 Å². The summed E-state index contributed by atoms with van der Waals surface area (Å²) < 4.78 is 5.58. The summed E-state index contributed by atoms with van der Waals surface area (Å²) in [6, 6.07) is 9.78. The van der Waals surface area contributed by atoms with E-state index < -0.39 is 0 Å². The summed E-state index contributed by atoms with van der Waals surface area (Å²) in [6.07, 6.45) is 4.96. The Morgan fingerprint density at radius 2 is 1.89 bits per heavy atom. The molecule has 3 nitrogen and oxygen atoms in total. The van der Waals surface area contributed by atoms with Gasteiger partial charge in [0.15, 0.2) is 0 Å². The van der Waals surface area contributed by atoms with E-state index in [4.69, 9.17) is 10.5 Å². The molecule has 1 aromatic rings. The van der Waals surface area contributed by atoms with Crippen LogP contribution in [0.3, 0.4) is 0 Å². The van der Waals surface area contributed by atoms with Gasteiger partial charge in [-0.25, -0.2) is 0 Å². The Kier molecular flexibility index (Phi) is 4.97. The molecule has 3 unspecified atom stereocenters. The van der Waals surface area contributed by atoms with Crippen LogP contribution in [0.25, 0.3) is 0 Å². The second-order valence-corrected chi connectivity index (χ2v) is 5.40. The van der Waals surface area contributed by atoms with Gasteiger partial charge < -0.3 is 10.5 Å². The molecule has 0 bridgehead atoms. The standard InChI is InChI=1S/C16H23NO2/c1-12(13-8-4-2-5-9-13)19-16(18)14-10-6-3-7-11-15(14)17/h2,4-5,8-9,12,14-15H,3,6-7,10-11,17H2,1H3. The predicted octanol–water partition coefficient (Wildman–Crippen LogP) is 3.20. The van der Waals surface area contributed by atoms with Gasteiger partial charge in [-0.3, -0.25) is 4.79 Å². The van der Waals surface area contributed by atoms with Crippen LogP contribution in [0.4, 0.5) is 0 Å². The van der Waals surface area contributed by atoms with E-state index >= 15 is 0 Å². The third-order valence-electron chi connectivity index (χ3n) is 3.93. The fourth-order valence-electron chi connectivity index (χ4n) is 2.68. The molecule has 0 aromatic heterocycles. The van der Waals surface area contributed by atoms with Gasteiger partial charge in [0.25, 0.3) is 0 Å². The number of carbonyl (C=O) groups is 1. The maximum absolute atomic E-state index is 12.2. The molecule has 0 amide bonds. The number of ether oxygens (including phenoxy) is 1. The van der Waals surface area contributed by atoms with Crippen LogP contribution < -0.4 is 5.73 Å². The number of esters is 1. The summed E-state index contributed by atoms with van der Waals surface area (Å²) in [5, 5.41) is 0. The molecule has 1 aromatic carbocycles. The molecule has 1 aliphatic carbocycles. The van der Waals surface area contributed by atoms with E-state index in [9.17, 15) is 4.79 Å². The lowest BCUT2D eigenvalue weighted by Crippen LogP contribution is -2.36. The van der Waals surface area contributed by atoms with Crippen LogP contribution >= 0.6 is 0 Å². The highest BCUT2D eigenvalue weighted by atomic mass is 16.5. The number of rotatable bonds is 3. The first-order valence-electron chi connectivity index (χ1n) is 7.19. The highest BCUT2D eigenvalue weighted by Gasteiger charge is 2.29. The molecule has 3 heteroatoms. The van der Waals surface area contributed by atoms with E-state index in [1.165, 1.54) is 6.42 Å². The predicted molar refractivity (Wildman–Crippen MR) is 75.5 cm³/mol. The lowest BCUT2D eigenvalue weighted by atomic mass is 9.95. The molecule has 2 N–H and O–H groups in total. The molecular weight excluding hydrogens is 238 g/mol. The van der Waals surface area contributed by atoms with Crippen LogP contribution in [0.15, 0.2) is 30.3 Å². The Balaban J connectivity index is 1.96. The Morgan fingerprint density at radius 1 is 1.21 bits per heavy atom. The van der Waals surface area contributed by atoms with E-state index in [1.807, 2.05) is 37.3 Å². The Bertz CT molecular complexity index is 404. The molecule has 1 fully saturated rings. The van der Waals surface area contributed by atoms with Crippen molar-refractivity contribution >= 4 is 5.97 Å². The van der Waals surface area contributed by atoms with Crippen LogP contribution in [0.2, 0.25) is 0 Å². The van der Waals surface area contributed by atoms with Gasteiger partial charge in [-0.15, -0.1) is 0 Å². The van der Waals surface area contributed by atoms with Gasteiger partial charge in [0.2, 0.25) is 0 Å². The molecule has 19 heavy (non-hydrogen) atoms. The second kappa shape index (κ2) is 6.71. The van der Waals surface area contributed by atoms with E-state index in [0.29, 0.717) is 0 Å². The third-order valence-corrected chi connectivity index (χ3v) is 3.93. The monoisotopic (exact) mass is 261 g/mol. The van der Waals surface area contributed by atoms with Crippen molar-refractivity contribution in [3.63, 3.8) is 0 Å². The minimum Gasteiger partial charge on any atom is -0.458 e. The quantitative estimate of drug-likeness (QED) is 0.671. The first kappa shape index (κ1) is 14.1. The van der Waals surface area contributed by atoms with Gasteiger partial charge in [0, 0.05) is 6.04 Å². The molecular formula is C16H23NO2. The zero-order valence-corrected chi connectivity index (χ0v) is 11.5. The highest BCUT2D eigenvalue weighted by molar-refractivity contribution is 5.73. The lowest BCUT2D eigenvalue weighted by molar-refractivity contribution is -0.154. The van der Waals surface area contributed by atoms with Gasteiger partial charge in [-0.2, -0.15) is 0 Å². The first-order chi connectivity index (χ1) is 9.18. The van der Waals surface area contributed by atoms with Crippen molar-refractivity contribution in [3.05, 3.63) is 35.9 Å². The van der Waals surface area contributed by atoms with Crippen molar-refractivity contribution in [1.82, 2.24) is 0 Å². The molecule has 0 spiro atoms. The van der Waals surface area contributed by atoms with E-state index in [0.717, 1.165) is 31.2 Å². The van der Waals surface area contributed by atoms with E-state index in [1.54, 1.807) is 0 Å². The van der Waals surface area contributed by atoms with Crippen LogP contribution in [0.1, 0.15) is 50.7 Å². The molecule has 0 heterocycles. The van der Waals surface area contributed by atoms with E-state index in [-0.39, 0.29) is 24.0 Å². The van der Waals surface area contributed by atoms with Crippen LogP contribution in [-0.4, -0.2) is 12.0 Å². The molecule has 1 saturated carbocycles. The van der Waals surface area contributed by atoms with Gasteiger partial charge in [-0.05, 0) is 25.3 Å². The molecule has 0 saturated heterocycles. The Hall–Kier alpha value is -1.35. The number of benzene rings is 1. The summed E-state index contributed by atoms with van der Waals surface area (Å²) >= 11 is 0. The van der Waals surface area contributed by atoms with Crippen molar-refractivity contribution in [2.24, 2.45) is 11.7 Å². The summed E-state index contributed by atoms with van der Waals surface area (Å²) in [5.74, 6) is -0.264.